The molecule has 0 saturated carbocycles. The van der Waals surface area contributed by atoms with Gasteiger partial charge >= 0.3 is 0 Å². The van der Waals surface area contributed by atoms with E-state index in [9.17, 15) is 13.6 Å². The SMILES string of the molecule is O=C(Cc1ccccc1F)Cc1cccc(Cl)c1F. The summed E-state index contributed by atoms with van der Waals surface area (Å²) < 4.78 is 27.0. The van der Waals surface area contributed by atoms with Gasteiger partial charge in [0.25, 0.3) is 0 Å². The van der Waals surface area contributed by atoms with Crippen molar-refractivity contribution in [3.8, 4) is 0 Å². The quantitative estimate of drug-likeness (QED) is 0.828. The van der Waals surface area contributed by atoms with Crippen molar-refractivity contribution in [2.45, 2.75) is 12.8 Å². The Bertz CT molecular complexity index is 611. The maximum Gasteiger partial charge on any atom is 0.145 e. The van der Waals surface area contributed by atoms with Crippen molar-refractivity contribution in [3.05, 3.63) is 70.2 Å². The van der Waals surface area contributed by atoms with E-state index in [1.54, 1.807) is 24.3 Å². The molecule has 0 aliphatic carbocycles. The molecule has 0 fully saturated rings. The third-order valence-corrected chi connectivity index (χ3v) is 3.06. The summed E-state index contributed by atoms with van der Waals surface area (Å²) in [7, 11) is 0. The van der Waals surface area contributed by atoms with Crippen LogP contribution in [-0.2, 0) is 17.6 Å². The minimum Gasteiger partial charge on any atom is -0.299 e. The lowest BCUT2D eigenvalue weighted by molar-refractivity contribution is -0.117. The first-order chi connectivity index (χ1) is 9.08. The van der Waals surface area contributed by atoms with Gasteiger partial charge in [-0.3, -0.25) is 4.79 Å². The molecule has 0 bridgehead atoms. The third-order valence-electron chi connectivity index (χ3n) is 2.76. The summed E-state index contributed by atoms with van der Waals surface area (Å²) in [5.41, 5.74) is 0.545. The van der Waals surface area contributed by atoms with Gasteiger partial charge in [0, 0.05) is 12.8 Å². The number of Topliss-reactive ketones (excluding diaryl/α,β-unsaturated/α-hetero) is 1. The van der Waals surface area contributed by atoms with Crippen LogP contribution in [0.2, 0.25) is 5.02 Å². The average Bonchev–Trinajstić information content (AvgIpc) is 2.38. The normalized spacial score (nSPS) is 10.5. The van der Waals surface area contributed by atoms with Gasteiger partial charge in [-0.05, 0) is 23.3 Å². The van der Waals surface area contributed by atoms with Gasteiger partial charge in [-0.15, -0.1) is 0 Å². The highest BCUT2D eigenvalue weighted by molar-refractivity contribution is 6.30. The molecule has 0 radical (unpaired) electrons. The summed E-state index contributed by atoms with van der Waals surface area (Å²) in [6.07, 6.45) is -0.153. The van der Waals surface area contributed by atoms with E-state index in [0.29, 0.717) is 5.56 Å². The highest BCUT2D eigenvalue weighted by atomic mass is 35.5. The minimum atomic E-state index is -0.592. The second-order valence-electron chi connectivity index (χ2n) is 4.20. The summed E-state index contributed by atoms with van der Waals surface area (Å²) in [5.74, 6) is -1.28. The molecule has 0 heterocycles. The van der Waals surface area contributed by atoms with Crippen molar-refractivity contribution in [1.29, 1.82) is 0 Å². The molecule has 4 heteroatoms. The first-order valence-corrected chi connectivity index (χ1v) is 6.13. The Morgan fingerprint density at radius 3 is 2.32 bits per heavy atom. The predicted octanol–water partition coefficient (Wildman–Crippen LogP) is 3.97. The summed E-state index contributed by atoms with van der Waals surface area (Å²) in [6, 6.07) is 10.6. The first-order valence-electron chi connectivity index (χ1n) is 5.76. The molecular formula is C15H11ClF2O. The van der Waals surface area contributed by atoms with Crippen LogP contribution >= 0.6 is 11.6 Å². The largest absolute Gasteiger partial charge is 0.299 e. The van der Waals surface area contributed by atoms with E-state index in [1.807, 2.05) is 0 Å². The van der Waals surface area contributed by atoms with Gasteiger partial charge in [0.1, 0.15) is 17.4 Å². The number of carbonyl (C=O) groups is 1. The molecule has 0 spiro atoms. The molecule has 0 aliphatic rings. The van der Waals surface area contributed by atoms with Gasteiger partial charge in [-0.2, -0.15) is 0 Å². The lowest BCUT2D eigenvalue weighted by Crippen LogP contribution is -2.09. The Hall–Kier alpha value is -1.74. The highest BCUT2D eigenvalue weighted by Gasteiger charge is 2.12. The molecule has 0 saturated heterocycles. The van der Waals surface area contributed by atoms with Crippen LogP contribution in [-0.4, -0.2) is 5.78 Å². The van der Waals surface area contributed by atoms with Gasteiger partial charge < -0.3 is 0 Å². The highest BCUT2D eigenvalue weighted by Crippen LogP contribution is 2.19. The Kier molecular flexibility index (Phi) is 4.27. The standard InChI is InChI=1S/C15H11ClF2O/c16-13-6-3-5-11(15(13)18)9-12(19)8-10-4-1-2-7-14(10)17/h1-7H,8-9H2. The molecule has 0 atom stereocenters. The lowest BCUT2D eigenvalue weighted by Gasteiger charge is -2.05. The zero-order valence-corrected chi connectivity index (χ0v) is 10.8. The number of carbonyl (C=O) groups excluding carboxylic acids is 1. The molecule has 1 nitrogen and oxygen atoms in total. The molecule has 0 aliphatic heterocycles. The van der Waals surface area contributed by atoms with Crippen LogP contribution in [0.4, 0.5) is 8.78 Å². The van der Waals surface area contributed by atoms with Crippen molar-refractivity contribution in [2.75, 3.05) is 0 Å². The summed E-state index contributed by atoms with van der Waals surface area (Å²) in [6.45, 7) is 0. The maximum absolute atomic E-state index is 13.6. The monoisotopic (exact) mass is 280 g/mol. The summed E-state index contributed by atoms with van der Waals surface area (Å²) in [5, 5.41) is -0.0174. The van der Waals surface area contributed by atoms with E-state index < -0.39 is 11.6 Å². The van der Waals surface area contributed by atoms with Crippen molar-refractivity contribution < 1.29 is 13.6 Å². The maximum atomic E-state index is 13.6. The molecule has 2 aromatic rings. The molecule has 98 valence electrons. The van der Waals surface area contributed by atoms with Crippen LogP contribution in [0.15, 0.2) is 42.5 Å². The van der Waals surface area contributed by atoms with Crippen LogP contribution in [0.25, 0.3) is 0 Å². The Morgan fingerprint density at radius 1 is 0.947 bits per heavy atom. The fourth-order valence-electron chi connectivity index (χ4n) is 1.81. The molecule has 19 heavy (non-hydrogen) atoms. The molecule has 2 rings (SSSR count). The van der Waals surface area contributed by atoms with Gasteiger partial charge in [0.05, 0.1) is 5.02 Å². The molecule has 0 unspecified atom stereocenters. The van der Waals surface area contributed by atoms with Crippen molar-refractivity contribution >= 4 is 17.4 Å². The van der Waals surface area contributed by atoms with Gasteiger partial charge in [0.15, 0.2) is 0 Å². The molecular weight excluding hydrogens is 270 g/mol. The van der Waals surface area contributed by atoms with Crippen LogP contribution in [0.5, 0.6) is 0 Å². The molecule has 0 N–H and O–H groups in total. The third kappa shape index (κ3) is 3.38. The van der Waals surface area contributed by atoms with Gasteiger partial charge in [0.2, 0.25) is 0 Å². The predicted molar refractivity (Wildman–Crippen MR) is 70.2 cm³/mol. The summed E-state index contributed by atoms with van der Waals surface area (Å²) >= 11 is 5.64. The molecule has 0 aromatic heterocycles. The van der Waals surface area contributed by atoms with E-state index in [2.05, 4.69) is 0 Å². The van der Waals surface area contributed by atoms with Crippen molar-refractivity contribution in [1.82, 2.24) is 0 Å². The number of ketones is 1. The van der Waals surface area contributed by atoms with Crippen LogP contribution in [0.3, 0.4) is 0 Å². The fraction of sp³-hybridized carbons (Fsp3) is 0.133. The zero-order valence-electron chi connectivity index (χ0n) is 10.00. The number of halogens is 3. The van der Waals surface area contributed by atoms with E-state index in [1.165, 1.54) is 18.2 Å². The number of hydrogen-bond donors (Lipinski definition) is 0. The van der Waals surface area contributed by atoms with Gasteiger partial charge in [-0.25, -0.2) is 8.78 Å². The lowest BCUT2D eigenvalue weighted by atomic mass is 10.0. The van der Waals surface area contributed by atoms with Crippen molar-refractivity contribution in [3.63, 3.8) is 0 Å². The second-order valence-corrected chi connectivity index (χ2v) is 4.60. The fourth-order valence-corrected chi connectivity index (χ4v) is 2.01. The van der Waals surface area contributed by atoms with E-state index in [0.717, 1.165) is 0 Å². The van der Waals surface area contributed by atoms with Crippen LogP contribution in [0, 0.1) is 11.6 Å². The van der Waals surface area contributed by atoms with E-state index in [-0.39, 0.29) is 29.2 Å². The first kappa shape index (κ1) is 13.7. The Balaban J connectivity index is 2.10. The number of rotatable bonds is 4. The summed E-state index contributed by atoms with van der Waals surface area (Å²) in [4.78, 5) is 11.8. The smallest absolute Gasteiger partial charge is 0.145 e. The Labute approximate surface area is 114 Å². The van der Waals surface area contributed by atoms with Crippen LogP contribution in [0.1, 0.15) is 11.1 Å². The van der Waals surface area contributed by atoms with Gasteiger partial charge in [-0.1, -0.05) is 41.9 Å². The number of benzene rings is 2. The van der Waals surface area contributed by atoms with Crippen molar-refractivity contribution in [2.24, 2.45) is 0 Å². The molecule has 0 amide bonds. The van der Waals surface area contributed by atoms with E-state index >= 15 is 0 Å². The van der Waals surface area contributed by atoms with Crippen LogP contribution < -0.4 is 0 Å². The van der Waals surface area contributed by atoms with E-state index in [4.69, 9.17) is 11.6 Å². The Morgan fingerprint density at radius 2 is 1.58 bits per heavy atom. The zero-order chi connectivity index (χ0) is 13.8. The topological polar surface area (TPSA) is 17.1 Å². The average molecular weight is 281 g/mol. The minimum absolute atomic E-state index is 0.0174. The number of hydrogen-bond acceptors (Lipinski definition) is 1. The second kappa shape index (κ2) is 5.93. The molecule has 2 aromatic carbocycles.